The molecule has 4 N–H and O–H groups in total. The summed E-state index contributed by atoms with van der Waals surface area (Å²) in [6.45, 7) is 2.92. The van der Waals surface area contributed by atoms with Crippen LogP contribution in [0.5, 0.6) is 11.5 Å². The highest BCUT2D eigenvalue weighted by Crippen LogP contribution is 2.54. The maximum atomic E-state index is 14.3. The summed E-state index contributed by atoms with van der Waals surface area (Å²) in [5.74, 6) is -5.04. The maximum Gasteiger partial charge on any atom is 0.258 e. The van der Waals surface area contributed by atoms with Crippen molar-refractivity contribution < 1.29 is 38.2 Å². The molecule has 2 amide bonds. The van der Waals surface area contributed by atoms with E-state index >= 15 is 0 Å². The van der Waals surface area contributed by atoms with Gasteiger partial charge in [-0.1, -0.05) is 119 Å². The second-order valence-electron chi connectivity index (χ2n) is 12.7. The van der Waals surface area contributed by atoms with Crippen LogP contribution in [0.1, 0.15) is 43.0 Å². The number of rotatable bonds is 4. The molecule has 2 atom stereocenters. The average molecular weight is 873 g/mol. The van der Waals surface area contributed by atoms with E-state index in [1.807, 2.05) is 0 Å². The van der Waals surface area contributed by atoms with E-state index in [2.05, 4.69) is 10.6 Å². The molecule has 0 spiro atoms. The largest absolute Gasteiger partial charge is 0.507 e. The van der Waals surface area contributed by atoms with Crippen molar-refractivity contribution in [3.05, 3.63) is 139 Å². The zero-order chi connectivity index (χ0) is 40.4. The van der Waals surface area contributed by atoms with Crippen LogP contribution in [-0.4, -0.2) is 33.6 Å². The third kappa shape index (κ3) is 6.07. The Balaban J connectivity index is 0.000000172. The number of anilines is 2. The minimum Gasteiger partial charge on any atom is -0.507 e. The zero-order valence-electron chi connectivity index (χ0n) is 28.7. The number of aryl methyl sites for hydroxylation is 1. The van der Waals surface area contributed by atoms with Crippen LogP contribution in [0, 0.1) is 25.5 Å². The van der Waals surface area contributed by atoms with Gasteiger partial charge in [-0.25, -0.2) is 8.78 Å². The molecule has 2 aromatic heterocycles. The monoisotopic (exact) mass is 870 g/mol. The molecular weight excluding hydrogens is 848 g/mol. The predicted molar refractivity (Wildman–Crippen MR) is 216 cm³/mol. The van der Waals surface area contributed by atoms with E-state index in [1.54, 1.807) is 60.7 Å². The number of benzene rings is 4. The highest BCUT2D eigenvalue weighted by atomic mass is 35.5. The number of alkyl halides is 2. The van der Waals surface area contributed by atoms with Gasteiger partial charge in [-0.3, -0.25) is 19.2 Å². The second-order valence-corrected chi connectivity index (χ2v) is 17.1. The van der Waals surface area contributed by atoms with Crippen molar-refractivity contribution >= 4 is 102 Å². The van der Waals surface area contributed by atoms with Gasteiger partial charge in [0.1, 0.15) is 30.2 Å². The lowest BCUT2D eigenvalue weighted by Gasteiger charge is -2.29. The van der Waals surface area contributed by atoms with Gasteiger partial charge in [0.2, 0.25) is 21.3 Å². The molecule has 0 saturated carbocycles. The first-order valence-corrected chi connectivity index (χ1v) is 19.5. The van der Waals surface area contributed by atoms with Crippen LogP contribution in [0.2, 0.25) is 8.67 Å². The minimum atomic E-state index is -1.99. The van der Waals surface area contributed by atoms with Crippen LogP contribution in [0.4, 0.5) is 18.8 Å². The number of ketones is 2. The first-order chi connectivity index (χ1) is 26.5. The minimum absolute atomic E-state index is 0.0287. The summed E-state index contributed by atoms with van der Waals surface area (Å²) in [5, 5.41) is 26.5. The molecule has 56 heavy (non-hydrogen) atoms. The Labute approximate surface area is 345 Å². The summed E-state index contributed by atoms with van der Waals surface area (Å²) >= 11 is 27.7. The van der Waals surface area contributed by atoms with Crippen molar-refractivity contribution in [1.82, 2.24) is 0 Å². The Morgan fingerprint density at radius 3 is 1.45 bits per heavy atom. The van der Waals surface area contributed by atoms with Crippen molar-refractivity contribution in [2.24, 2.45) is 0 Å². The number of fused-ring (bicyclic) bond motifs is 2. The number of Topliss-reactive ketones (excluding diaryl/α,β-unsaturated/α-hetero) is 2. The Kier molecular flexibility index (Phi) is 10.3. The molecule has 4 heterocycles. The lowest BCUT2D eigenvalue weighted by molar-refractivity contribution is -0.118. The van der Waals surface area contributed by atoms with Gasteiger partial charge in [0, 0.05) is 27.8 Å². The number of thiophene rings is 2. The fourth-order valence-electron chi connectivity index (χ4n) is 6.43. The number of phenolic OH excluding ortho intramolecular Hbond substituents is 2. The first kappa shape index (κ1) is 39.4. The second kappa shape index (κ2) is 14.6. The van der Waals surface area contributed by atoms with Gasteiger partial charge in [-0.05, 0) is 42.7 Å². The maximum absolute atomic E-state index is 14.3. The highest BCUT2D eigenvalue weighted by molar-refractivity contribution is 7.22. The quantitative estimate of drug-likeness (QED) is 0.103. The number of nitrogens with one attached hydrogen (secondary N) is 2. The number of amides is 2. The van der Waals surface area contributed by atoms with Crippen LogP contribution in [0.15, 0.2) is 84.9 Å². The molecule has 0 aliphatic carbocycles. The summed E-state index contributed by atoms with van der Waals surface area (Å²) in [6.07, 6.45) is 0. The van der Waals surface area contributed by atoms with Gasteiger partial charge in [-0.2, -0.15) is 0 Å². The first-order valence-electron chi connectivity index (χ1n) is 16.4. The van der Waals surface area contributed by atoms with Crippen LogP contribution >= 0.6 is 69.1 Å². The Morgan fingerprint density at radius 1 is 0.589 bits per heavy atom. The Bertz CT molecular complexity index is 2470. The van der Waals surface area contributed by atoms with Crippen LogP contribution in [0.3, 0.4) is 0 Å². The predicted octanol–water partition coefficient (Wildman–Crippen LogP) is 11.0. The van der Waals surface area contributed by atoms with Gasteiger partial charge < -0.3 is 20.8 Å². The third-order valence-corrected chi connectivity index (χ3v) is 13.2. The number of aromatic hydroxyl groups is 2. The molecule has 4 aromatic carbocycles. The molecule has 0 saturated heterocycles. The van der Waals surface area contributed by atoms with Gasteiger partial charge >= 0.3 is 0 Å². The molecule has 2 unspecified atom stereocenters. The number of carbonyl (C=O) groups excluding carboxylic acids is 4. The number of halogens is 6. The van der Waals surface area contributed by atoms with Crippen LogP contribution in [-0.2, 0) is 19.3 Å². The average Bonchev–Trinajstić information content (AvgIpc) is 3.69. The molecule has 2 aliphatic rings. The topological polar surface area (TPSA) is 133 Å². The van der Waals surface area contributed by atoms with Crippen molar-refractivity contribution in [3.8, 4) is 33.8 Å². The number of carbonyl (C=O) groups is 4. The van der Waals surface area contributed by atoms with E-state index in [0.717, 1.165) is 22.7 Å². The van der Waals surface area contributed by atoms with Gasteiger partial charge in [-0.15, -0.1) is 22.7 Å². The van der Waals surface area contributed by atoms with Gasteiger partial charge in [0.05, 0.1) is 11.1 Å². The molecule has 8 nitrogen and oxygen atoms in total. The van der Waals surface area contributed by atoms with E-state index in [1.165, 1.54) is 38.1 Å². The molecule has 0 bridgehead atoms. The summed E-state index contributed by atoms with van der Waals surface area (Å²) < 4.78 is 28.3. The van der Waals surface area contributed by atoms with Gasteiger partial charge in [0.25, 0.3) is 11.8 Å². The summed E-state index contributed by atoms with van der Waals surface area (Å²) in [6, 6.07) is 22.0. The number of hydrogen-bond donors (Lipinski definition) is 4. The molecule has 2 aliphatic heterocycles. The lowest BCUT2D eigenvalue weighted by Crippen LogP contribution is -2.46. The van der Waals surface area contributed by atoms with Crippen molar-refractivity contribution in [2.45, 2.75) is 23.6 Å². The zero-order valence-corrected chi connectivity index (χ0v) is 33.4. The van der Waals surface area contributed by atoms with E-state index in [9.17, 15) is 38.2 Å². The number of phenols is 2. The highest BCUT2D eigenvalue weighted by Gasteiger charge is 2.53. The van der Waals surface area contributed by atoms with Gasteiger partial charge in [0.15, 0.2) is 11.6 Å². The fourth-order valence-corrected chi connectivity index (χ4v) is 9.69. The summed E-state index contributed by atoms with van der Waals surface area (Å²) in [7, 11) is 0. The molecular formula is C40H24Cl4F2N2O6S2. The van der Waals surface area contributed by atoms with Crippen molar-refractivity contribution in [3.63, 3.8) is 0 Å². The molecule has 16 heteroatoms. The molecule has 6 aromatic rings. The molecule has 8 rings (SSSR count). The van der Waals surface area contributed by atoms with Crippen LogP contribution < -0.4 is 10.6 Å². The molecule has 0 fully saturated rings. The Hall–Kier alpha value is -4.82. The van der Waals surface area contributed by atoms with E-state index in [0.29, 0.717) is 11.1 Å². The lowest BCUT2D eigenvalue weighted by atomic mass is 9.84. The van der Waals surface area contributed by atoms with E-state index in [4.69, 9.17) is 46.4 Å². The summed E-state index contributed by atoms with van der Waals surface area (Å²) in [4.78, 5) is 48.3. The van der Waals surface area contributed by atoms with Crippen LogP contribution in [0.25, 0.3) is 22.3 Å². The van der Waals surface area contributed by atoms with Crippen molar-refractivity contribution in [1.29, 1.82) is 0 Å². The fraction of sp³-hybridized carbons (Fsp3) is 0.100. The Morgan fingerprint density at radius 2 is 1.00 bits per heavy atom. The number of hydrogen-bond acceptors (Lipinski definition) is 8. The third-order valence-electron chi connectivity index (χ3n) is 9.45. The normalized spacial score (nSPS) is 18.7. The summed E-state index contributed by atoms with van der Waals surface area (Å²) in [5.41, 5.74) is 1.65. The smallest absolute Gasteiger partial charge is 0.258 e. The SMILES string of the molecule is Cc1c(F)ccc(-c2c(Cl)sc3c2C(=O)C(Cl)(c2ccccc2)C(=O)N3)c1O.Cc1ccc(-c2c(Cl)sc3c2C(=O)C(Cl)(c2ccccc2)C(=O)N3)c(O)c1F. The molecule has 284 valence electrons. The van der Waals surface area contributed by atoms with E-state index in [-0.39, 0.29) is 68.9 Å². The van der Waals surface area contributed by atoms with E-state index < -0.39 is 50.5 Å². The van der Waals surface area contributed by atoms with Crippen molar-refractivity contribution in [2.75, 3.05) is 10.6 Å². The molecule has 0 radical (unpaired) electrons. The standard InChI is InChI=1S/2C20H12Cl2FNO3S/c1-9-12(23)8-7-11(15(9)25)13-14-16(26)20(22,10-5-3-2-4-6-10)19(27)24-18(14)28-17(13)21;1-9-7-8-11(15(25)14(9)23)12-13-16(26)20(22,10-5-3-2-4-6-10)19(27)24-18(13)28-17(12)21/h2*2-8,25H,1H3,(H,24,27).